The number of hydrogen-bond acceptors (Lipinski definition) is 5. The second-order valence-corrected chi connectivity index (χ2v) is 4.94. The maximum atomic E-state index is 11.9. The number of nitrogens with zero attached hydrogens (tertiary/aromatic N) is 1. The van der Waals surface area contributed by atoms with Crippen LogP contribution in [0, 0.1) is 6.92 Å². The quantitative estimate of drug-likeness (QED) is 0.672. The van der Waals surface area contributed by atoms with E-state index >= 15 is 0 Å². The topological polar surface area (TPSA) is 89.3 Å². The lowest BCUT2D eigenvalue weighted by atomic mass is 10.2. The van der Waals surface area contributed by atoms with E-state index in [1.165, 1.54) is 0 Å². The fourth-order valence-corrected chi connectivity index (χ4v) is 2.20. The number of anilines is 1. The van der Waals surface area contributed by atoms with E-state index in [0.29, 0.717) is 19.6 Å². The average Bonchev–Trinajstić information content (AvgIpc) is 2.92. The highest BCUT2D eigenvalue weighted by Crippen LogP contribution is 2.18. The first-order valence-corrected chi connectivity index (χ1v) is 7.00. The van der Waals surface area contributed by atoms with Crippen LogP contribution in [0.3, 0.4) is 0 Å². The van der Waals surface area contributed by atoms with Crippen molar-refractivity contribution in [3.8, 4) is 0 Å². The van der Waals surface area contributed by atoms with Gasteiger partial charge in [-0.2, -0.15) is 0 Å². The van der Waals surface area contributed by atoms with Gasteiger partial charge in [0.2, 0.25) is 5.91 Å². The van der Waals surface area contributed by atoms with Crippen LogP contribution in [0.25, 0.3) is 0 Å². The Morgan fingerprint density at radius 3 is 2.77 bits per heavy atom. The summed E-state index contributed by atoms with van der Waals surface area (Å²) in [6.45, 7) is 3.60. The molecule has 1 aromatic heterocycles. The minimum absolute atomic E-state index is 0. The number of nitrogens with one attached hydrogen (secondary N) is 2. The van der Waals surface area contributed by atoms with Gasteiger partial charge < -0.3 is 21.1 Å². The van der Waals surface area contributed by atoms with Gasteiger partial charge in [-0.3, -0.25) is 4.79 Å². The Morgan fingerprint density at radius 2 is 2.14 bits per heavy atom. The molecule has 0 spiro atoms. The predicted octanol–water partition coefficient (Wildman–Crippen LogP) is 1.27. The van der Waals surface area contributed by atoms with Gasteiger partial charge in [0.1, 0.15) is 11.9 Å². The number of pyridine rings is 1. The van der Waals surface area contributed by atoms with E-state index in [4.69, 9.17) is 10.5 Å². The molecule has 0 aliphatic carbocycles. The molecule has 0 radical (unpaired) electrons. The van der Waals surface area contributed by atoms with Crippen molar-refractivity contribution >= 4 is 36.5 Å². The van der Waals surface area contributed by atoms with Gasteiger partial charge in [0.05, 0.1) is 6.10 Å². The third kappa shape index (κ3) is 6.36. The number of halogens is 2. The number of amides is 1. The smallest absolute Gasteiger partial charge is 0.249 e. The molecule has 1 amide bonds. The highest BCUT2D eigenvalue weighted by molar-refractivity contribution is 5.85. The van der Waals surface area contributed by atoms with Gasteiger partial charge in [0.25, 0.3) is 0 Å². The first kappa shape index (κ1) is 20.9. The van der Waals surface area contributed by atoms with Crippen LogP contribution >= 0.6 is 24.8 Å². The molecule has 0 unspecified atom stereocenters. The summed E-state index contributed by atoms with van der Waals surface area (Å²) >= 11 is 0. The van der Waals surface area contributed by atoms with Gasteiger partial charge in [0.15, 0.2) is 0 Å². The van der Waals surface area contributed by atoms with Crippen molar-refractivity contribution in [1.82, 2.24) is 10.3 Å². The molecule has 6 nitrogen and oxygen atoms in total. The monoisotopic (exact) mass is 350 g/mol. The average molecular weight is 351 g/mol. The van der Waals surface area contributed by atoms with E-state index in [1.807, 2.05) is 25.1 Å². The highest BCUT2D eigenvalue weighted by atomic mass is 35.5. The molecule has 0 aromatic carbocycles. The fourth-order valence-electron chi connectivity index (χ4n) is 2.20. The molecular formula is C14H24Cl2N4O2. The van der Waals surface area contributed by atoms with Crippen LogP contribution in [-0.4, -0.2) is 42.7 Å². The Kier molecular flexibility index (Phi) is 10.1. The minimum atomic E-state index is -0.347. The molecule has 22 heavy (non-hydrogen) atoms. The molecule has 1 aromatic rings. The van der Waals surface area contributed by atoms with Crippen LogP contribution in [0.1, 0.15) is 18.5 Å². The van der Waals surface area contributed by atoms with Gasteiger partial charge in [-0.25, -0.2) is 4.98 Å². The first-order valence-electron chi connectivity index (χ1n) is 7.00. The van der Waals surface area contributed by atoms with Crippen molar-refractivity contribution in [2.24, 2.45) is 5.73 Å². The number of hydrogen-bond donors (Lipinski definition) is 3. The van der Waals surface area contributed by atoms with E-state index in [1.54, 1.807) is 0 Å². The molecule has 4 N–H and O–H groups in total. The lowest BCUT2D eigenvalue weighted by Crippen LogP contribution is -2.37. The summed E-state index contributed by atoms with van der Waals surface area (Å²) in [5.74, 6) is 0.763. The van der Waals surface area contributed by atoms with Gasteiger partial charge in [-0.1, -0.05) is 6.07 Å². The number of carbonyl (C=O) groups excluding carboxylic acids is 1. The molecule has 2 atom stereocenters. The summed E-state index contributed by atoms with van der Waals surface area (Å²) in [5, 5.41) is 6.02. The molecule has 1 aliphatic heterocycles. The molecule has 0 saturated carbocycles. The standard InChI is InChI=1S/C14H22N4O2.2ClH/c1-10-3-2-4-13(18-10)16-7-8-17-14(19)12-6-5-11(9-15)20-12;;/h2-4,11-12H,5-9,15H2,1H3,(H,16,18)(H,17,19);2*1H/t11-,12+;;/m1../s1. The maximum Gasteiger partial charge on any atom is 0.249 e. The van der Waals surface area contributed by atoms with Crippen molar-refractivity contribution in [2.45, 2.75) is 32.0 Å². The van der Waals surface area contributed by atoms with E-state index in [-0.39, 0.29) is 42.9 Å². The Morgan fingerprint density at radius 1 is 1.36 bits per heavy atom. The normalized spacial score (nSPS) is 19.7. The third-order valence-corrected chi connectivity index (χ3v) is 3.28. The summed E-state index contributed by atoms with van der Waals surface area (Å²) < 4.78 is 5.53. The Bertz CT molecular complexity index is 462. The molecule has 0 bridgehead atoms. The fraction of sp³-hybridized carbons (Fsp3) is 0.571. The summed E-state index contributed by atoms with van der Waals surface area (Å²) in [6, 6.07) is 5.79. The zero-order valence-corrected chi connectivity index (χ0v) is 14.2. The van der Waals surface area contributed by atoms with E-state index in [9.17, 15) is 4.79 Å². The van der Waals surface area contributed by atoms with E-state index < -0.39 is 0 Å². The SMILES string of the molecule is Cc1cccc(NCCNC(=O)[C@@H]2CC[C@H](CN)O2)n1.Cl.Cl. The van der Waals surface area contributed by atoms with Gasteiger partial charge >= 0.3 is 0 Å². The summed E-state index contributed by atoms with van der Waals surface area (Å²) in [6.07, 6.45) is 1.29. The Labute approximate surface area is 143 Å². The van der Waals surface area contributed by atoms with Crippen molar-refractivity contribution in [3.05, 3.63) is 23.9 Å². The Hall–Kier alpha value is -1.08. The number of ether oxygens (including phenoxy) is 1. The molecule has 2 heterocycles. The van der Waals surface area contributed by atoms with Gasteiger partial charge in [0, 0.05) is 25.3 Å². The minimum Gasteiger partial charge on any atom is -0.368 e. The van der Waals surface area contributed by atoms with Crippen LogP contribution in [0.4, 0.5) is 5.82 Å². The Balaban J connectivity index is 0.00000220. The van der Waals surface area contributed by atoms with E-state index in [2.05, 4.69) is 15.6 Å². The molecule has 8 heteroatoms. The zero-order chi connectivity index (χ0) is 14.4. The zero-order valence-electron chi connectivity index (χ0n) is 12.6. The van der Waals surface area contributed by atoms with E-state index in [0.717, 1.165) is 24.4 Å². The molecule has 1 fully saturated rings. The van der Waals surface area contributed by atoms with Crippen LogP contribution in [0.2, 0.25) is 0 Å². The van der Waals surface area contributed by atoms with Gasteiger partial charge in [-0.15, -0.1) is 24.8 Å². The molecule has 1 aliphatic rings. The molecule has 1 saturated heterocycles. The lowest BCUT2D eigenvalue weighted by Gasteiger charge is -2.13. The van der Waals surface area contributed by atoms with Crippen molar-refractivity contribution in [1.29, 1.82) is 0 Å². The van der Waals surface area contributed by atoms with Gasteiger partial charge in [-0.05, 0) is 31.9 Å². The second-order valence-electron chi connectivity index (χ2n) is 4.94. The number of rotatable bonds is 6. The first-order chi connectivity index (χ1) is 9.69. The van der Waals surface area contributed by atoms with Crippen LogP contribution in [0.15, 0.2) is 18.2 Å². The van der Waals surface area contributed by atoms with Crippen LogP contribution in [0.5, 0.6) is 0 Å². The molecule has 2 rings (SSSR count). The number of aryl methyl sites for hydroxylation is 1. The highest BCUT2D eigenvalue weighted by Gasteiger charge is 2.29. The summed E-state index contributed by atoms with van der Waals surface area (Å²) in [5.41, 5.74) is 6.48. The van der Waals surface area contributed by atoms with Crippen LogP contribution in [-0.2, 0) is 9.53 Å². The van der Waals surface area contributed by atoms with Crippen molar-refractivity contribution in [2.75, 3.05) is 25.0 Å². The number of nitrogens with two attached hydrogens (primary N) is 1. The summed E-state index contributed by atoms with van der Waals surface area (Å²) in [4.78, 5) is 16.2. The van der Waals surface area contributed by atoms with Crippen molar-refractivity contribution < 1.29 is 9.53 Å². The molecule has 126 valence electrons. The largest absolute Gasteiger partial charge is 0.368 e. The summed E-state index contributed by atoms with van der Waals surface area (Å²) in [7, 11) is 0. The predicted molar refractivity (Wildman–Crippen MR) is 91.9 cm³/mol. The third-order valence-electron chi connectivity index (χ3n) is 3.28. The maximum absolute atomic E-state index is 11.9. The van der Waals surface area contributed by atoms with Crippen molar-refractivity contribution in [3.63, 3.8) is 0 Å². The molecular weight excluding hydrogens is 327 g/mol. The number of carbonyl (C=O) groups is 1. The second kappa shape index (κ2) is 10.6. The van der Waals surface area contributed by atoms with Crippen LogP contribution < -0.4 is 16.4 Å². The lowest BCUT2D eigenvalue weighted by molar-refractivity contribution is -0.131. The number of aromatic nitrogens is 1.